The van der Waals surface area contributed by atoms with Crippen LogP contribution in [0.5, 0.6) is 0 Å². The Balaban J connectivity index is -0.0000000361. The third-order valence-corrected chi connectivity index (χ3v) is 0.471. The molecular formula is C11H27N2NaO8. The van der Waals surface area contributed by atoms with Crippen LogP contribution in [0, 0.1) is 0 Å². The first kappa shape index (κ1) is 37.2. The molecule has 0 radical (unpaired) electrons. The van der Waals surface area contributed by atoms with Crippen LogP contribution < -0.4 is 11.5 Å². The van der Waals surface area contributed by atoms with Gasteiger partial charge in [0.05, 0.1) is 6.17 Å². The summed E-state index contributed by atoms with van der Waals surface area (Å²) in [5.41, 5.74) is 10.1. The molecule has 22 heavy (non-hydrogen) atoms. The standard InChI is InChI=1S/C3H10N2.4C2H4O2.Na.H/c1-2-3(4)5;4*1-2(3)4;;/h3H,2,4-5H2,1H3;4*1H3,(H,3,4);;. The maximum atomic E-state index is 9.00. The quantitative estimate of drug-likeness (QED) is 0.263. The molecule has 0 aliphatic carbocycles. The first-order chi connectivity index (χ1) is 9.20. The van der Waals surface area contributed by atoms with Gasteiger partial charge in [0.25, 0.3) is 23.9 Å². The summed E-state index contributed by atoms with van der Waals surface area (Å²) < 4.78 is 0. The number of carboxylic acid groups (broad SMARTS) is 4. The number of aliphatic carboxylic acids is 4. The number of hydrogen-bond donors (Lipinski definition) is 6. The van der Waals surface area contributed by atoms with E-state index in [4.69, 9.17) is 51.1 Å². The van der Waals surface area contributed by atoms with Crippen molar-refractivity contribution < 1.29 is 39.6 Å². The van der Waals surface area contributed by atoms with Gasteiger partial charge in [0.15, 0.2) is 0 Å². The van der Waals surface area contributed by atoms with Crippen molar-refractivity contribution >= 4 is 53.4 Å². The SMILES string of the molecule is CC(=O)O.CC(=O)O.CC(=O)O.CC(=O)O.CCC(N)N.[NaH]. The maximum absolute atomic E-state index is 9.00. The minimum atomic E-state index is -0.833. The first-order valence-corrected chi connectivity index (χ1v) is 5.49. The predicted octanol–water partition coefficient (Wildman–Crippen LogP) is -0.645. The van der Waals surface area contributed by atoms with Crippen molar-refractivity contribution in [2.24, 2.45) is 11.5 Å². The Hall–Kier alpha value is -1.20. The van der Waals surface area contributed by atoms with Gasteiger partial charge in [0.1, 0.15) is 0 Å². The van der Waals surface area contributed by atoms with Gasteiger partial charge in [-0.05, 0) is 6.42 Å². The number of carboxylic acids is 4. The van der Waals surface area contributed by atoms with Crippen LogP contribution in [-0.4, -0.2) is 80.0 Å². The minimum absolute atomic E-state index is 0. The van der Waals surface area contributed by atoms with E-state index in [1.54, 1.807) is 0 Å². The first-order valence-electron chi connectivity index (χ1n) is 5.49. The topological polar surface area (TPSA) is 201 Å². The summed E-state index contributed by atoms with van der Waals surface area (Å²) in [6, 6.07) is 0. The molecule has 0 fully saturated rings. The molecule has 10 nitrogen and oxygen atoms in total. The third-order valence-electron chi connectivity index (χ3n) is 0.471. The monoisotopic (exact) mass is 338 g/mol. The number of hydrogen-bond acceptors (Lipinski definition) is 6. The summed E-state index contributed by atoms with van der Waals surface area (Å²) in [5.74, 6) is -3.33. The zero-order valence-corrected chi connectivity index (χ0v) is 12.9. The van der Waals surface area contributed by atoms with Crippen molar-refractivity contribution in [3.05, 3.63) is 0 Å². The molecule has 0 rings (SSSR count). The normalized spacial score (nSPS) is 6.73. The molecule has 8 N–H and O–H groups in total. The zero-order valence-electron chi connectivity index (χ0n) is 12.9. The van der Waals surface area contributed by atoms with Crippen LogP contribution in [0.3, 0.4) is 0 Å². The van der Waals surface area contributed by atoms with Crippen LogP contribution >= 0.6 is 0 Å². The van der Waals surface area contributed by atoms with Crippen LogP contribution in [0.15, 0.2) is 0 Å². The van der Waals surface area contributed by atoms with Gasteiger partial charge < -0.3 is 31.9 Å². The Morgan fingerprint density at radius 3 is 0.773 bits per heavy atom. The van der Waals surface area contributed by atoms with E-state index in [0.717, 1.165) is 34.1 Å². The van der Waals surface area contributed by atoms with Crippen LogP contribution in [0.1, 0.15) is 41.0 Å². The van der Waals surface area contributed by atoms with Crippen molar-refractivity contribution in [1.29, 1.82) is 0 Å². The van der Waals surface area contributed by atoms with E-state index in [9.17, 15) is 0 Å². The Labute approximate surface area is 151 Å². The fraction of sp³-hybridized carbons (Fsp3) is 0.636. The Morgan fingerprint density at radius 2 is 0.773 bits per heavy atom. The van der Waals surface area contributed by atoms with Crippen LogP contribution in [0.4, 0.5) is 0 Å². The molecular weight excluding hydrogens is 311 g/mol. The molecule has 0 aromatic rings. The van der Waals surface area contributed by atoms with Gasteiger partial charge in [-0.1, -0.05) is 6.92 Å². The van der Waals surface area contributed by atoms with E-state index >= 15 is 0 Å². The molecule has 130 valence electrons. The number of carbonyl (C=O) groups is 4. The molecule has 0 bridgehead atoms. The van der Waals surface area contributed by atoms with Gasteiger partial charge in [0.2, 0.25) is 0 Å². The Morgan fingerprint density at radius 1 is 0.727 bits per heavy atom. The summed E-state index contributed by atoms with van der Waals surface area (Å²) in [6.07, 6.45) is 0.745. The molecule has 0 saturated heterocycles. The van der Waals surface area contributed by atoms with E-state index in [0.29, 0.717) is 0 Å². The fourth-order valence-electron chi connectivity index (χ4n) is 0. The second-order valence-electron chi connectivity index (χ2n) is 3.15. The molecule has 11 heteroatoms. The van der Waals surface area contributed by atoms with Gasteiger partial charge in [0, 0.05) is 27.7 Å². The molecule has 0 amide bonds. The van der Waals surface area contributed by atoms with Crippen molar-refractivity contribution in [3.8, 4) is 0 Å². The molecule has 0 heterocycles. The van der Waals surface area contributed by atoms with Gasteiger partial charge in [-0.25, -0.2) is 0 Å². The van der Waals surface area contributed by atoms with Crippen molar-refractivity contribution in [2.75, 3.05) is 0 Å². The molecule has 0 spiro atoms. The van der Waals surface area contributed by atoms with Crippen molar-refractivity contribution in [1.82, 2.24) is 0 Å². The van der Waals surface area contributed by atoms with Gasteiger partial charge in [-0.3, -0.25) is 19.2 Å². The molecule has 0 aliphatic heterocycles. The van der Waals surface area contributed by atoms with Crippen molar-refractivity contribution in [3.63, 3.8) is 0 Å². The van der Waals surface area contributed by atoms with Crippen LogP contribution in [0.2, 0.25) is 0 Å². The van der Waals surface area contributed by atoms with E-state index in [1.807, 2.05) is 6.92 Å². The second-order valence-corrected chi connectivity index (χ2v) is 3.15. The summed E-state index contributed by atoms with van der Waals surface area (Å²) in [7, 11) is 0. The van der Waals surface area contributed by atoms with Gasteiger partial charge in [-0.15, -0.1) is 0 Å². The average molecular weight is 338 g/mol. The van der Waals surface area contributed by atoms with E-state index < -0.39 is 23.9 Å². The van der Waals surface area contributed by atoms with Crippen molar-refractivity contribution in [2.45, 2.75) is 47.2 Å². The van der Waals surface area contributed by atoms with E-state index in [1.165, 1.54) is 0 Å². The molecule has 0 atom stereocenters. The van der Waals surface area contributed by atoms with Gasteiger partial charge >= 0.3 is 29.6 Å². The van der Waals surface area contributed by atoms with Crippen LogP contribution in [0.25, 0.3) is 0 Å². The molecule has 0 unspecified atom stereocenters. The second kappa shape index (κ2) is 31.9. The molecule has 0 aromatic carbocycles. The predicted molar refractivity (Wildman–Crippen MR) is 82.8 cm³/mol. The Bertz CT molecular complexity index is 221. The zero-order chi connectivity index (χ0) is 18.6. The summed E-state index contributed by atoms with van der Waals surface area (Å²) in [5, 5.41) is 29.7. The molecule has 0 saturated carbocycles. The number of rotatable bonds is 1. The summed E-state index contributed by atoms with van der Waals surface area (Å²) in [4.78, 5) is 36.0. The molecule has 0 aromatic heterocycles. The Kier molecular flexibility index (Phi) is 54.1. The summed E-state index contributed by atoms with van der Waals surface area (Å²) >= 11 is 0. The van der Waals surface area contributed by atoms with E-state index in [-0.39, 0.29) is 35.7 Å². The molecule has 0 aliphatic rings. The van der Waals surface area contributed by atoms with Gasteiger partial charge in [-0.2, -0.15) is 0 Å². The van der Waals surface area contributed by atoms with Crippen LogP contribution in [-0.2, 0) is 19.2 Å². The third kappa shape index (κ3) is 9310. The van der Waals surface area contributed by atoms with E-state index in [2.05, 4.69) is 0 Å². The number of nitrogens with two attached hydrogens (primary N) is 2. The summed E-state index contributed by atoms with van der Waals surface area (Å²) in [6.45, 7) is 6.28. The average Bonchev–Trinajstić information content (AvgIpc) is 2.13. The fourth-order valence-corrected chi connectivity index (χ4v) is 0.